The average molecular weight is 485 g/mol. The van der Waals surface area contributed by atoms with Crippen LogP contribution < -0.4 is 10.7 Å². The molecule has 0 aliphatic carbocycles. The van der Waals surface area contributed by atoms with Gasteiger partial charge in [-0.3, -0.25) is 19.7 Å². The number of rotatable bonds is 7. The van der Waals surface area contributed by atoms with E-state index < -0.39 is 4.92 Å². The van der Waals surface area contributed by atoms with Gasteiger partial charge < -0.3 is 5.32 Å². The lowest BCUT2D eigenvalue weighted by atomic mass is 10.1. The number of nitro benzene ring substituents is 1. The number of nitrogens with zero attached hydrogens (tertiary/aromatic N) is 2. The fourth-order valence-corrected chi connectivity index (χ4v) is 3.36. The van der Waals surface area contributed by atoms with Gasteiger partial charge in [-0.1, -0.05) is 47.5 Å². The third-order valence-corrected chi connectivity index (χ3v) is 5.12. The van der Waals surface area contributed by atoms with Crippen molar-refractivity contribution in [2.75, 3.05) is 5.32 Å². The Hall–Kier alpha value is -3.75. The molecule has 3 aromatic rings. The van der Waals surface area contributed by atoms with Crippen molar-refractivity contribution < 1.29 is 14.5 Å². The van der Waals surface area contributed by atoms with Gasteiger partial charge in [-0.2, -0.15) is 5.10 Å². The molecule has 0 bridgehead atoms. The van der Waals surface area contributed by atoms with Crippen LogP contribution in [0.15, 0.2) is 71.8 Å². The van der Waals surface area contributed by atoms with E-state index in [-0.39, 0.29) is 34.5 Å². The van der Waals surface area contributed by atoms with Crippen LogP contribution in [-0.2, 0) is 11.2 Å². The van der Waals surface area contributed by atoms with Crippen LogP contribution in [0.1, 0.15) is 28.4 Å². The fourth-order valence-electron chi connectivity index (χ4n) is 2.87. The first-order valence-corrected chi connectivity index (χ1v) is 10.4. The molecule has 0 saturated carbocycles. The van der Waals surface area contributed by atoms with E-state index in [0.717, 1.165) is 0 Å². The zero-order chi connectivity index (χ0) is 24.0. The molecule has 0 aliphatic rings. The molecule has 0 radical (unpaired) electrons. The molecule has 168 valence electrons. The Labute approximate surface area is 199 Å². The van der Waals surface area contributed by atoms with Gasteiger partial charge in [0.05, 0.1) is 27.6 Å². The van der Waals surface area contributed by atoms with Gasteiger partial charge in [-0.15, -0.1) is 0 Å². The van der Waals surface area contributed by atoms with Crippen LogP contribution in [0.4, 0.5) is 11.4 Å². The summed E-state index contributed by atoms with van der Waals surface area (Å²) in [5.74, 6) is -0.759. The van der Waals surface area contributed by atoms with Crippen LogP contribution in [0.2, 0.25) is 10.0 Å². The number of amides is 2. The highest BCUT2D eigenvalue weighted by Crippen LogP contribution is 2.22. The molecule has 2 N–H and O–H groups in total. The molecule has 33 heavy (non-hydrogen) atoms. The molecule has 10 heteroatoms. The lowest BCUT2D eigenvalue weighted by Crippen LogP contribution is -2.21. The Morgan fingerprint density at radius 3 is 2.42 bits per heavy atom. The van der Waals surface area contributed by atoms with Gasteiger partial charge >= 0.3 is 0 Å². The van der Waals surface area contributed by atoms with Crippen LogP contribution in [0.3, 0.4) is 0 Å². The number of halogens is 2. The van der Waals surface area contributed by atoms with Gasteiger partial charge in [-0.25, -0.2) is 5.43 Å². The second kappa shape index (κ2) is 10.7. The summed E-state index contributed by atoms with van der Waals surface area (Å²) in [6.45, 7) is 1.71. The third kappa shape index (κ3) is 6.61. The minimum atomic E-state index is -0.502. The van der Waals surface area contributed by atoms with Crippen molar-refractivity contribution in [2.24, 2.45) is 5.10 Å². The second-order valence-electron chi connectivity index (χ2n) is 6.99. The van der Waals surface area contributed by atoms with Gasteiger partial charge in [0.25, 0.3) is 11.6 Å². The summed E-state index contributed by atoms with van der Waals surface area (Å²) in [7, 11) is 0. The highest BCUT2D eigenvalue weighted by atomic mass is 35.5. The summed E-state index contributed by atoms with van der Waals surface area (Å²) in [6, 6.07) is 17.3. The lowest BCUT2D eigenvalue weighted by molar-refractivity contribution is -0.384. The number of hydrogen-bond acceptors (Lipinski definition) is 5. The fraction of sp³-hybridized carbons (Fsp3) is 0.0870. The van der Waals surface area contributed by atoms with Gasteiger partial charge in [-0.05, 0) is 48.4 Å². The van der Waals surface area contributed by atoms with Crippen LogP contribution in [0.25, 0.3) is 0 Å². The topological polar surface area (TPSA) is 114 Å². The summed E-state index contributed by atoms with van der Waals surface area (Å²) in [5, 5.41) is 18.2. The minimum Gasteiger partial charge on any atom is -0.322 e. The average Bonchev–Trinajstić information content (AvgIpc) is 2.78. The van der Waals surface area contributed by atoms with Gasteiger partial charge in [0, 0.05) is 22.8 Å². The lowest BCUT2D eigenvalue weighted by Gasteiger charge is -2.09. The van der Waals surface area contributed by atoms with Crippen LogP contribution in [0, 0.1) is 10.1 Å². The zero-order valence-electron chi connectivity index (χ0n) is 17.3. The molecule has 0 atom stereocenters. The van der Waals surface area contributed by atoms with Crippen molar-refractivity contribution in [3.05, 3.63) is 104 Å². The molecule has 0 aromatic heterocycles. The Morgan fingerprint density at radius 1 is 1.03 bits per heavy atom. The summed E-state index contributed by atoms with van der Waals surface area (Å²) >= 11 is 12.0. The molecule has 0 aliphatic heterocycles. The summed E-state index contributed by atoms with van der Waals surface area (Å²) < 4.78 is 0. The van der Waals surface area contributed by atoms with Crippen LogP contribution >= 0.6 is 23.2 Å². The highest BCUT2D eigenvalue weighted by Gasteiger charge is 2.12. The number of nitro groups is 1. The maximum absolute atomic E-state index is 12.5. The minimum absolute atomic E-state index is 0.0206. The molecule has 2 amide bonds. The van der Waals surface area contributed by atoms with Gasteiger partial charge in [0.1, 0.15) is 0 Å². The van der Waals surface area contributed by atoms with E-state index in [1.807, 2.05) is 0 Å². The number of benzene rings is 3. The first-order valence-electron chi connectivity index (χ1n) is 9.66. The second-order valence-corrected chi connectivity index (χ2v) is 7.84. The number of carbonyl (C=O) groups excluding carboxylic acids is 2. The van der Waals surface area contributed by atoms with Crippen molar-refractivity contribution in [2.45, 2.75) is 13.3 Å². The number of hydrogen-bond donors (Lipinski definition) is 2. The number of anilines is 1. The van der Waals surface area contributed by atoms with E-state index in [4.69, 9.17) is 23.2 Å². The van der Waals surface area contributed by atoms with E-state index in [2.05, 4.69) is 15.8 Å². The normalized spacial score (nSPS) is 11.1. The van der Waals surface area contributed by atoms with Gasteiger partial charge in [0.15, 0.2) is 0 Å². The Bertz CT molecular complexity index is 1240. The Morgan fingerprint density at radius 2 is 1.76 bits per heavy atom. The molecule has 3 rings (SSSR count). The standard InChI is InChI=1S/C23H18Cl2N4O4/c1-14(27-28-22(30)11-15-5-8-19(9-6-15)29(32)33)16-3-2-4-18(12-16)26-23(31)20-10-7-17(24)13-21(20)25/h2-10,12-13H,11H2,1H3,(H,26,31)(H,28,30)/b27-14+. The molecule has 0 heterocycles. The molecule has 0 fully saturated rings. The van der Waals surface area contributed by atoms with E-state index in [9.17, 15) is 19.7 Å². The largest absolute Gasteiger partial charge is 0.322 e. The van der Waals surface area contributed by atoms with Crippen LogP contribution in [0.5, 0.6) is 0 Å². The molecule has 3 aromatic carbocycles. The third-order valence-electron chi connectivity index (χ3n) is 4.57. The molecular weight excluding hydrogens is 467 g/mol. The predicted molar refractivity (Wildman–Crippen MR) is 128 cm³/mol. The zero-order valence-corrected chi connectivity index (χ0v) is 18.9. The Balaban J connectivity index is 1.63. The van der Waals surface area contributed by atoms with E-state index >= 15 is 0 Å². The SMILES string of the molecule is C/C(=N\NC(=O)Cc1ccc([N+](=O)[O-])cc1)c1cccc(NC(=O)c2ccc(Cl)cc2Cl)c1. The van der Waals surface area contributed by atoms with Gasteiger partial charge in [0.2, 0.25) is 5.91 Å². The smallest absolute Gasteiger partial charge is 0.269 e. The first-order chi connectivity index (χ1) is 15.7. The number of nitrogens with one attached hydrogen (secondary N) is 2. The molecule has 0 unspecified atom stereocenters. The molecule has 0 saturated heterocycles. The summed E-state index contributed by atoms with van der Waals surface area (Å²) in [4.78, 5) is 34.9. The monoisotopic (exact) mass is 484 g/mol. The van der Waals surface area contributed by atoms with E-state index in [1.165, 1.54) is 36.4 Å². The number of hydrazone groups is 1. The van der Waals surface area contributed by atoms with E-state index in [0.29, 0.717) is 27.5 Å². The van der Waals surface area contributed by atoms with Crippen molar-refractivity contribution >= 4 is 52.1 Å². The van der Waals surface area contributed by atoms with Crippen molar-refractivity contribution in [3.63, 3.8) is 0 Å². The molecule has 0 spiro atoms. The van der Waals surface area contributed by atoms with Crippen molar-refractivity contribution in [1.29, 1.82) is 0 Å². The van der Waals surface area contributed by atoms with E-state index in [1.54, 1.807) is 37.3 Å². The molecule has 8 nitrogen and oxygen atoms in total. The molecular formula is C23H18Cl2N4O4. The maximum Gasteiger partial charge on any atom is 0.269 e. The summed E-state index contributed by atoms with van der Waals surface area (Å²) in [5.41, 5.74) is 5.06. The predicted octanol–water partition coefficient (Wildman–Crippen LogP) is 5.24. The quantitative estimate of drug-likeness (QED) is 0.271. The summed E-state index contributed by atoms with van der Waals surface area (Å²) in [6.07, 6.45) is 0.0206. The number of carbonyl (C=O) groups is 2. The number of non-ortho nitro benzene ring substituents is 1. The van der Waals surface area contributed by atoms with Crippen LogP contribution in [-0.4, -0.2) is 22.4 Å². The highest BCUT2D eigenvalue weighted by molar-refractivity contribution is 6.37. The Kier molecular flexibility index (Phi) is 7.76. The maximum atomic E-state index is 12.5. The first kappa shape index (κ1) is 23.9. The van der Waals surface area contributed by atoms with Crippen molar-refractivity contribution in [3.8, 4) is 0 Å². The van der Waals surface area contributed by atoms with Crippen molar-refractivity contribution in [1.82, 2.24) is 5.43 Å².